The zero-order valence-corrected chi connectivity index (χ0v) is 18.5. The summed E-state index contributed by atoms with van der Waals surface area (Å²) in [6.07, 6.45) is 2.40. The zero-order valence-electron chi connectivity index (χ0n) is 17.7. The van der Waals surface area contributed by atoms with Crippen molar-refractivity contribution in [2.24, 2.45) is 5.92 Å². The Kier molecular flexibility index (Phi) is 5.03. The molecule has 0 aromatic carbocycles. The van der Waals surface area contributed by atoms with Gasteiger partial charge in [-0.3, -0.25) is 4.79 Å². The van der Waals surface area contributed by atoms with Gasteiger partial charge in [-0.05, 0) is 51.2 Å². The number of aliphatic hydroxyl groups is 1. The number of fused-ring (bicyclic) bond motifs is 1. The quantitative estimate of drug-likeness (QED) is 0.789. The summed E-state index contributed by atoms with van der Waals surface area (Å²) in [5, 5.41) is 10.9. The number of rotatable bonds is 5. The normalized spacial score (nSPS) is 22.5. The van der Waals surface area contributed by atoms with Crippen LogP contribution in [0.15, 0.2) is 6.07 Å². The summed E-state index contributed by atoms with van der Waals surface area (Å²) in [6, 6.07) is 2.12. The number of hydrogen-bond acceptors (Lipinski definition) is 7. The molecular formula is C22H28N4O3S. The van der Waals surface area contributed by atoms with Crippen LogP contribution >= 0.6 is 11.3 Å². The molecular weight excluding hydrogens is 400 g/mol. The molecule has 1 aliphatic carbocycles. The third-order valence-electron chi connectivity index (χ3n) is 6.54. The second kappa shape index (κ2) is 7.59. The van der Waals surface area contributed by atoms with E-state index >= 15 is 0 Å². The lowest BCUT2D eigenvalue weighted by Crippen LogP contribution is -2.48. The van der Waals surface area contributed by atoms with Crippen LogP contribution in [0.3, 0.4) is 0 Å². The van der Waals surface area contributed by atoms with Gasteiger partial charge in [0.25, 0.3) is 5.91 Å². The number of amides is 1. The molecule has 0 spiro atoms. The van der Waals surface area contributed by atoms with E-state index in [2.05, 4.69) is 22.9 Å². The Morgan fingerprint density at radius 3 is 2.80 bits per heavy atom. The number of aliphatic hydroxyl groups excluding tert-OH is 1. The number of hydrogen-bond donors (Lipinski definition) is 1. The van der Waals surface area contributed by atoms with Crippen LogP contribution in [0, 0.1) is 19.8 Å². The van der Waals surface area contributed by atoms with E-state index in [1.807, 2.05) is 18.7 Å². The Labute approximate surface area is 180 Å². The van der Waals surface area contributed by atoms with Crippen LogP contribution in [-0.2, 0) is 11.3 Å². The van der Waals surface area contributed by atoms with E-state index in [0.717, 1.165) is 26.8 Å². The molecule has 5 rings (SSSR count). The minimum absolute atomic E-state index is 0.0320. The lowest BCUT2D eigenvalue weighted by atomic mass is 10.1. The monoisotopic (exact) mass is 428 g/mol. The summed E-state index contributed by atoms with van der Waals surface area (Å²) in [7, 11) is 0. The third kappa shape index (κ3) is 3.31. The molecule has 1 saturated heterocycles. The van der Waals surface area contributed by atoms with Crippen molar-refractivity contribution in [3.63, 3.8) is 0 Å². The summed E-state index contributed by atoms with van der Waals surface area (Å²) in [4.78, 5) is 28.2. The summed E-state index contributed by atoms with van der Waals surface area (Å²) >= 11 is 1.63. The van der Waals surface area contributed by atoms with E-state index in [-0.39, 0.29) is 24.6 Å². The second-order valence-corrected chi connectivity index (χ2v) is 9.83. The summed E-state index contributed by atoms with van der Waals surface area (Å²) in [5.74, 6) is 1.36. The molecule has 160 valence electrons. The largest absolute Gasteiger partial charge is 0.394 e. The van der Waals surface area contributed by atoms with E-state index in [1.165, 1.54) is 12.8 Å². The van der Waals surface area contributed by atoms with Crippen molar-refractivity contribution in [2.75, 3.05) is 31.3 Å². The van der Waals surface area contributed by atoms with Gasteiger partial charge in [0, 0.05) is 19.1 Å². The molecule has 30 heavy (non-hydrogen) atoms. The molecule has 2 aromatic heterocycles. The molecule has 2 aliphatic heterocycles. The lowest BCUT2D eigenvalue weighted by Gasteiger charge is -2.36. The number of aromatic nitrogens is 2. The van der Waals surface area contributed by atoms with Crippen molar-refractivity contribution in [1.82, 2.24) is 14.9 Å². The van der Waals surface area contributed by atoms with Gasteiger partial charge in [0.05, 0.1) is 52.7 Å². The van der Waals surface area contributed by atoms with Gasteiger partial charge in [0.15, 0.2) is 0 Å². The van der Waals surface area contributed by atoms with Gasteiger partial charge in [-0.25, -0.2) is 9.97 Å². The molecule has 7 nitrogen and oxygen atoms in total. The van der Waals surface area contributed by atoms with Crippen LogP contribution in [-0.4, -0.2) is 64.3 Å². The van der Waals surface area contributed by atoms with Crippen LogP contribution in [0.1, 0.15) is 46.4 Å². The lowest BCUT2D eigenvalue weighted by molar-refractivity contribution is 0.0680. The van der Waals surface area contributed by atoms with Gasteiger partial charge in [0.1, 0.15) is 5.82 Å². The first-order valence-corrected chi connectivity index (χ1v) is 11.5. The van der Waals surface area contributed by atoms with Crippen LogP contribution < -0.4 is 4.90 Å². The Balaban J connectivity index is 1.63. The Morgan fingerprint density at radius 2 is 2.13 bits per heavy atom. The first-order valence-electron chi connectivity index (χ1n) is 10.7. The van der Waals surface area contributed by atoms with Gasteiger partial charge in [-0.15, -0.1) is 11.3 Å². The SMILES string of the molecule is Cc1nc(C)c(-c2cc3c(c(N4CCOC[C@H]4CO)n2)C(=O)N([C@@H](C)C2CC2)C3)s1. The zero-order chi connectivity index (χ0) is 21.0. The van der Waals surface area contributed by atoms with Gasteiger partial charge in [-0.1, -0.05) is 0 Å². The highest BCUT2D eigenvalue weighted by atomic mass is 32.1. The van der Waals surface area contributed by atoms with Crippen LogP contribution in [0.5, 0.6) is 0 Å². The number of carbonyl (C=O) groups is 1. The van der Waals surface area contributed by atoms with Crippen LogP contribution in [0.2, 0.25) is 0 Å². The fraction of sp³-hybridized carbons (Fsp3) is 0.591. The Hall–Kier alpha value is -2.03. The van der Waals surface area contributed by atoms with Crippen molar-refractivity contribution >= 4 is 23.1 Å². The molecule has 4 heterocycles. The molecule has 1 amide bonds. The summed E-state index contributed by atoms with van der Waals surface area (Å²) in [6.45, 7) is 8.37. The number of nitrogens with zero attached hydrogens (tertiary/aromatic N) is 4. The fourth-order valence-electron chi connectivity index (χ4n) is 4.68. The Morgan fingerprint density at radius 1 is 1.33 bits per heavy atom. The van der Waals surface area contributed by atoms with Gasteiger partial charge in [-0.2, -0.15) is 0 Å². The molecule has 1 saturated carbocycles. The molecule has 1 N–H and O–H groups in total. The minimum atomic E-state index is -0.197. The molecule has 0 bridgehead atoms. The van der Waals surface area contributed by atoms with Gasteiger partial charge in [0.2, 0.25) is 0 Å². The summed E-state index contributed by atoms with van der Waals surface area (Å²) < 4.78 is 5.57. The first-order chi connectivity index (χ1) is 14.5. The van der Waals surface area contributed by atoms with E-state index in [1.54, 1.807) is 11.3 Å². The number of morpholine rings is 1. The highest BCUT2D eigenvalue weighted by Gasteiger charge is 2.42. The van der Waals surface area contributed by atoms with Gasteiger partial charge < -0.3 is 19.6 Å². The van der Waals surface area contributed by atoms with Crippen molar-refractivity contribution in [1.29, 1.82) is 0 Å². The minimum Gasteiger partial charge on any atom is -0.394 e. The molecule has 8 heteroatoms. The second-order valence-electron chi connectivity index (χ2n) is 8.63. The van der Waals surface area contributed by atoms with Gasteiger partial charge >= 0.3 is 0 Å². The van der Waals surface area contributed by atoms with Crippen LogP contribution in [0.4, 0.5) is 5.82 Å². The first kappa shape index (κ1) is 19.9. The standard InChI is InChI=1S/C22H28N4O3S/c1-12-20(30-14(3)23-12)18-8-16-9-26(13(2)15-4-5-15)22(28)19(16)21(24-18)25-6-7-29-11-17(25)10-27/h8,13,15,17,27H,4-7,9-11H2,1-3H3/t13-,17+/m0/s1. The topological polar surface area (TPSA) is 78.8 Å². The maximum absolute atomic E-state index is 13.5. The highest BCUT2D eigenvalue weighted by Crippen LogP contribution is 2.42. The highest BCUT2D eigenvalue weighted by molar-refractivity contribution is 7.15. The molecule has 0 unspecified atom stereocenters. The van der Waals surface area contributed by atoms with Crippen molar-refractivity contribution in [3.05, 3.63) is 27.9 Å². The molecule has 2 aromatic rings. The van der Waals surface area contributed by atoms with Crippen molar-refractivity contribution in [3.8, 4) is 10.6 Å². The smallest absolute Gasteiger partial charge is 0.258 e. The molecule has 2 atom stereocenters. The van der Waals surface area contributed by atoms with E-state index < -0.39 is 0 Å². The molecule has 2 fully saturated rings. The third-order valence-corrected chi connectivity index (χ3v) is 7.64. The van der Waals surface area contributed by atoms with Crippen molar-refractivity contribution < 1.29 is 14.6 Å². The summed E-state index contributed by atoms with van der Waals surface area (Å²) in [5.41, 5.74) is 3.56. The van der Waals surface area contributed by atoms with E-state index in [4.69, 9.17) is 9.72 Å². The van der Waals surface area contributed by atoms with E-state index in [0.29, 0.717) is 43.6 Å². The number of aryl methyl sites for hydroxylation is 2. The maximum Gasteiger partial charge on any atom is 0.258 e. The number of thiazole rings is 1. The molecule has 0 radical (unpaired) electrons. The number of anilines is 1. The number of ether oxygens (including phenoxy) is 1. The predicted octanol–water partition coefficient (Wildman–Crippen LogP) is 2.77. The number of carbonyl (C=O) groups excluding carboxylic acids is 1. The maximum atomic E-state index is 13.5. The predicted molar refractivity (Wildman–Crippen MR) is 116 cm³/mol. The fourth-order valence-corrected chi connectivity index (χ4v) is 5.56. The average Bonchev–Trinajstić information content (AvgIpc) is 3.47. The molecule has 3 aliphatic rings. The average molecular weight is 429 g/mol. The number of pyridine rings is 1. The van der Waals surface area contributed by atoms with E-state index in [9.17, 15) is 9.90 Å². The Bertz CT molecular complexity index is 987. The van der Waals surface area contributed by atoms with Crippen LogP contribution in [0.25, 0.3) is 10.6 Å². The van der Waals surface area contributed by atoms with Crippen molar-refractivity contribution in [2.45, 2.75) is 52.2 Å².